The van der Waals surface area contributed by atoms with Gasteiger partial charge in [0.05, 0.1) is 7.11 Å². The second-order valence-corrected chi connectivity index (χ2v) is 5.63. The predicted octanol–water partition coefficient (Wildman–Crippen LogP) is 2.06. The van der Waals surface area contributed by atoms with Crippen LogP contribution < -0.4 is 14.8 Å². The minimum Gasteiger partial charge on any atom is -0.497 e. The molecule has 5 nitrogen and oxygen atoms in total. The van der Waals surface area contributed by atoms with E-state index in [0.29, 0.717) is 12.3 Å². The molecule has 1 saturated heterocycles. The number of amides is 1. The number of carbonyl (C=O) groups is 1. The van der Waals surface area contributed by atoms with E-state index in [4.69, 9.17) is 9.47 Å². The molecule has 0 spiro atoms. The molecule has 0 aromatic heterocycles. The van der Waals surface area contributed by atoms with E-state index in [1.807, 2.05) is 12.1 Å². The molecule has 0 radical (unpaired) electrons. The van der Waals surface area contributed by atoms with E-state index in [1.54, 1.807) is 26.2 Å². The lowest BCUT2D eigenvalue weighted by Gasteiger charge is -2.17. The summed E-state index contributed by atoms with van der Waals surface area (Å²) < 4.78 is 10.7. The van der Waals surface area contributed by atoms with E-state index in [-0.39, 0.29) is 5.91 Å². The first-order valence-corrected chi connectivity index (χ1v) is 8.00. The number of benzene rings is 1. The third-order valence-electron chi connectivity index (χ3n) is 3.89. The topological polar surface area (TPSA) is 50.8 Å². The first-order chi connectivity index (χ1) is 10.7. The van der Waals surface area contributed by atoms with Gasteiger partial charge in [0.2, 0.25) is 0 Å². The van der Waals surface area contributed by atoms with Gasteiger partial charge in [-0.1, -0.05) is 0 Å². The van der Waals surface area contributed by atoms with Crippen LogP contribution in [-0.2, 0) is 4.79 Å². The molecule has 5 heteroatoms. The van der Waals surface area contributed by atoms with Gasteiger partial charge in [-0.2, -0.15) is 0 Å². The van der Waals surface area contributed by atoms with Gasteiger partial charge in [0, 0.05) is 6.54 Å². The summed E-state index contributed by atoms with van der Waals surface area (Å²) in [5.74, 6) is 1.36. The predicted molar refractivity (Wildman–Crippen MR) is 86.4 cm³/mol. The molecule has 0 unspecified atom stereocenters. The zero-order valence-corrected chi connectivity index (χ0v) is 13.5. The molecular formula is C17H26N2O3. The Bertz CT molecular complexity index is 455. The van der Waals surface area contributed by atoms with E-state index in [9.17, 15) is 4.79 Å². The van der Waals surface area contributed by atoms with Crippen LogP contribution in [-0.4, -0.2) is 50.2 Å². The fourth-order valence-electron chi connectivity index (χ4n) is 2.58. The Balaban J connectivity index is 1.65. The maximum absolute atomic E-state index is 12.0. The van der Waals surface area contributed by atoms with Crippen molar-refractivity contribution in [3.8, 4) is 11.5 Å². The summed E-state index contributed by atoms with van der Waals surface area (Å²) in [6.07, 6.45) is 3.10. The van der Waals surface area contributed by atoms with Crippen molar-refractivity contribution in [2.24, 2.45) is 0 Å². The molecule has 0 saturated carbocycles. The number of likely N-dealkylation sites (tertiary alicyclic amines) is 1. The molecule has 22 heavy (non-hydrogen) atoms. The largest absolute Gasteiger partial charge is 0.497 e. The molecule has 0 aliphatic carbocycles. The molecule has 1 aromatic rings. The van der Waals surface area contributed by atoms with E-state index in [1.165, 1.54) is 25.9 Å². The number of nitrogens with one attached hydrogen (secondary N) is 1. The zero-order chi connectivity index (χ0) is 15.8. The first-order valence-electron chi connectivity index (χ1n) is 8.00. The molecule has 1 aliphatic rings. The van der Waals surface area contributed by atoms with Crippen LogP contribution in [0.2, 0.25) is 0 Å². The average Bonchev–Trinajstić information content (AvgIpc) is 3.05. The standard InChI is InChI=1S/C17H26N2O3/c1-14(22-16-8-6-15(21-2)7-9-16)17(20)18-10-5-13-19-11-3-4-12-19/h6-9,14H,3-5,10-13H2,1-2H3,(H,18,20)/t14-/m0/s1. The quantitative estimate of drug-likeness (QED) is 0.747. The molecule has 1 heterocycles. The fourth-order valence-corrected chi connectivity index (χ4v) is 2.58. The Labute approximate surface area is 132 Å². The van der Waals surface area contributed by atoms with E-state index in [2.05, 4.69) is 10.2 Å². The van der Waals surface area contributed by atoms with Gasteiger partial charge in [-0.05, 0) is 70.1 Å². The smallest absolute Gasteiger partial charge is 0.260 e. The van der Waals surface area contributed by atoms with Crippen molar-refractivity contribution in [3.63, 3.8) is 0 Å². The first kappa shape index (κ1) is 16.6. The maximum atomic E-state index is 12.0. The molecule has 1 aliphatic heterocycles. The number of hydrogen-bond acceptors (Lipinski definition) is 4. The van der Waals surface area contributed by atoms with Crippen LogP contribution >= 0.6 is 0 Å². The Hall–Kier alpha value is -1.75. The second kappa shape index (κ2) is 8.63. The lowest BCUT2D eigenvalue weighted by atomic mass is 10.3. The van der Waals surface area contributed by atoms with Crippen molar-refractivity contribution in [3.05, 3.63) is 24.3 Å². The van der Waals surface area contributed by atoms with Crippen molar-refractivity contribution in [2.75, 3.05) is 33.3 Å². The average molecular weight is 306 g/mol. The minimum absolute atomic E-state index is 0.0720. The normalized spacial score (nSPS) is 16.3. The molecule has 122 valence electrons. The summed E-state index contributed by atoms with van der Waals surface area (Å²) in [6, 6.07) is 7.23. The Morgan fingerprint density at radius 1 is 1.23 bits per heavy atom. The summed E-state index contributed by atoms with van der Waals surface area (Å²) in [4.78, 5) is 14.4. The van der Waals surface area contributed by atoms with Crippen molar-refractivity contribution in [2.45, 2.75) is 32.3 Å². The van der Waals surface area contributed by atoms with Crippen LogP contribution in [0.25, 0.3) is 0 Å². The second-order valence-electron chi connectivity index (χ2n) is 5.63. The third kappa shape index (κ3) is 5.22. The number of hydrogen-bond donors (Lipinski definition) is 1. The lowest BCUT2D eigenvalue weighted by Crippen LogP contribution is -2.37. The Morgan fingerprint density at radius 2 is 1.86 bits per heavy atom. The molecular weight excluding hydrogens is 280 g/mol. The Kier molecular flexibility index (Phi) is 6.52. The van der Waals surface area contributed by atoms with Gasteiger partial charge in [0.15, 0.2) is 6.10 Å². The molecule has 1 N–H and O–H groups in total. The van der Waals surface area contributed by atoms with E-state index < -0.39 is 6.10 Å². The zero-order valence-electron chi connectivity index (χ0n) is 13.5. The molecule has 0 bridgehead atoms. The number of ether oxygens (including phenoxy) is 2. The van der Waals surface area contributed by atoms with Crippen LogP contribution in [0.5, 0.6) is 11.5 Å². The Morgan fingerprint density at radius 3 is 2.50 bits per heavy atom. The molecule has 2 rings (SSSR count). The summed E-state index contributed by atoms with van der Waals surface area (Å²) in [6.45, 7) is 5.93. The van der Waals surface area contributed by atoms with Crippen molar-refractivity contribution in [1.29, 1.82) is 0 Å². The SMILES string of the molecule is COc1ccc(O[C@@H](C)C(=O)NCCCN2CCCC2)cc1. The highest BCUT2D eigenvalue weighted by Crippen LogP contribution is 2.18. The highest BCUT2D eigenvalue weighted by molar-refractivity contribution is 5.80. The van der Waals surface area contributed by atoms with Gasteiger partial charge in [-0.25, -0.2) is 0 Å². The molecule has 1 aromatic carbocycles. The van der Waals surface area contributed by atoms with Crippen LogP contribution in [0.15, 0.2) is 24.3 Å². The van der Waals surface area contributed by atoms with Gasteiger partial charge in [-0.15, -0.1) is 0 Å². The third-order valence-corrected chi connectivity index (χ3v) is 3.89. The van der Waals surface area contributed by atoms with Gasteiger partial charge in [0.25, 0.3) is 5.91 Å². The van der Waals surface area contributed by atoms with Crippen molar-refractivity contribution in [1.82, 2.24) is 10.2 Å². The number of nitrogens with zero attached hydrogens (tertiary/aromatic N) is 1. The highest BCUT2D eigenvalue weighted by atomic mass is 16.5. The van der Waals surface area contributed by atoms with Crippen LogP contribution in [0.1, 0.15) is 26.2 Å². The summed E-state index contributed by atoms with van der Waals surface area (Å²) >= 11 is 0. The van der Waals surface area contributed by atoms with E-state index in [0.717, 1.165) is 18.7 Å². The van der Waals surface area contributed by atoms with Crippen molar-refractivity contribution >= 4 is 5.91 Å². The maximum Gasteiger partial charge on any atom is 0.260 e. The molecule has 1 fully saturated rings. The van der Waals surface area contributed by atoms with Gasteiger partial charge in [-0.3, -0.25) is 4.79 Å². The van der Waals surface area contributed by atoms with E-state index >= 15 is 0 Å². The summed E-state index contributed by atoms with van der Waals surface area (Å²) in [5.41, 5.74) is 0. The molecule has 1 atom stereocenters. The minimum atomic E-state index is -0.500. The summed E-state index contributed by atoms with van der Waals surface area (Å²) in [7, 11) is 1.62. The number of carbonyl (C=O) groups excluding carboxylic acids is 1. The monoisotopic (exact) mass is 306 g/mol. The van der Waals surface area contributed by atoms with Crippen molar-refractivity contribution < 1.29 is 14.3 Å². The van der Waals surface area contributed by atoms with Gasteiger partial charge < -0.3 is 19.7 Å². The van der Waals surface area contributed by atoms with Crippen LogP contribution in [0.4, 0.5) is 0 Å². The van der Waals surface area contributed by atoms with Crippen LogP contribution in [0, 0.1) is 0 Å². The molecule has 1 amide bonds. The van der Waals surface area contributed by atoms with Gasteiger partial charge in [0.1, 0.15) is 11.5 Å². The summed E-state index contributed by atoms with van der Waals surface area (Å²) in [5, 5.41) is 2.93. The highest BCUT2D eigenvalue weighted by Gasteiger charge is 2.15. The fraction of sp³-hybridized carbons (Fsp3) is 0.588. The number of methoxy groups -OCH3 is 1. The van der Waals surface area contributed by atoms with Crippen LogP contribution in [0.3, 0.4) is 0 Å². The van der Waals surface area contributed by atoms with Gasteiger partial charge >= 0.3 is 0 Å². The lowest BCUT2D eigenvalue weighted by molar-refractivity contribution is -0.127. The number of rotatable bonds is 8.